The molecule has 0 aliphatic carbocycles. The molecule has 0 aromatic heterocycles. The van der Waals surface area contributed by atoms with E-state index in [2.05, 4.69) is 10.6 Å². The Labute approximate surface area is 158 Å². The molecule has 0 bridgehead atoms. The summed E-state index contributed by atoms with van der Waals surface area (Å²) in [7, 11) is 0. The van der Waals surface area contributed by atoms with Crippen molar-refractivity contribution in [2.24, 2.45) is 0 Å². The summed E-state index contributed by atoms with van der Waals surface area (Å²) in [5.74, 6) is -3.91. The maximum atomic E-state index is 13.4. The van der Waals surface area contributed by atoms with E-state index >= 15 is 0 Å². The van der Waals surface area contributed by atoms with Crippen LogP contribution in [0.2, 0.25) is 5.02 Å². The van der Waals surface area contributed by atoms with Crippen molar-refractivity contribution in [2.45, 2.75) is 13.0 Å². The lowest BCUT2D eigenvalue weighted by atomic mass is 10.2. The number of esters is 1. The quantitative estimate of drug-likeness (QED) is 0.735. The van der Waals surface area contributed by atoms with Crippen molar-refractivity contribution in [1.82, 2.24) is 5.32 Å². The number of nitrogens with one attached hydrogen (secondary N) is 2. The third kappa shape index (κ3) is 5.75. The molecule has 0 saturated heterocycles. The smallest absolute Gasteiger partial charge is 0.328 e. The molecule has 142 valence electrons. The van der Waals surface area contributed by atoms with E-state index in [-0.39, 0.29) is 16.3 Å². The molecular formula is C18H15ClF2N2O4. The van der Waals surface area contributed by atoms with Gasteiger partial charge in [0.2, 0.25) is 0 Å². The van der Waals surface area contributed by atoms with Crippen LogP contribution in [0.1, 0.15) is 17.3 Å². The Kier molecular flexibility index (Phi) is 6.84. The van der Waals surface area contributed by atoms with E-state index < -0.39 is 42.1 Å². The molecule has 2 aromatic carbocycles. The first-order valence-electron chi connectivity index (χ1n) is 7.75. The van der Waals surface area contributed by atoms with Gasteiger partial charge in [-0.2, -0.15) is 0 Å². The number of halogens is 3. The summed E-state index contributed by atoms with van der Waals surface area (Å²) in [5, 5.41) is 4.69. The minimum atomic E-state index is -1.06. The van der Waals surface area contributed by atoms with Crippen LogP contribution in [0.3, 0.4) is 0 Å². The van der Waals surface area contributed by atoms with Crippen LogP contribution in [0, 0.1) is 11.6 Å². The highest BCUT2D eigenvalue weighted by atomic mass is 35.5. The monoisotopic (exact) mass is 396 g/mol. The molecule has 0 radical (unpaired) electrons. The summed E-state index contributed by atoms with van der Waals surface area (Å²) < 4.78 is 31.3. The molecule has 1 atom stereocenters. The highest BCUT2D eigenvalue weighted by Gasteiger charge is 2.20. The average molecular weight is 397 g/mol. The summed E-state index contributed by atoms with van der Waals surface area (Å²) in [4.78, 5) is 35.7. The number of hydrogen-bond donors (Lipinski definition) is 2. The van der Waals surface area contributed by atoms with Gasteiger partial charge in [-0.25, -0.2) is 13.6 Å². The van der Waals surface area contributed by atoms with Crippen molar-refractivity contribution in [1.29, 1.82) is 0 Å². The molecule has 6 nitrogen and oxygen atoms in total. The van der Waals surface area contributed by atoms with Gasteiger partial charge < -0.3 is 15.4 Å². The summed E-state index contributed by atoms with van der Waals surface area (Å²) in [6, 6.07) is 7.74. The SMILES string of the molecule is C[C@H](NC(=O)c1ccccc1Cl)C(=O)OCC(=O)Nc1cc(F)ccc1F. The van der Waals surface area contributed by atoms with E-state index in [9.17, 15) is 23.2 Å². The first-order valence-corrected chi connectivity index (χ1v) is 8.12. The zero-order valence-electron chi connectivity index (χ0n) is 14.1. The molecule has 0 spiro atoms. The first kappa shape index (κ1) is 20.3. The van der Waals surface area contributed by atoms with Crippen LogP contribution in [0.5, 0.6) is 0 Å². The predicted molar refractivity (Wildman–Crippen MR) is 94.3 cm³/mol. The normalized spacial score (nSPS) is 11.4. The number of anilines is 1. The van der Waals surface area contributed by atoms with Crippen molar-refractivity contribution < 1.29 is 27.9 Å². The van der Waals surface area contributed by atoms with Crippen LogP contribution in [-0.2, 0) is 14.3 Å². The Bertz CT molecular complexity index is 876. The Balaban J connectivity index is 1.85. The highest BCUT2D eigenvalue weighted by Crippen LogP contribution is 2.16. The zero-order chi connectivity index (χ0) is 20.0. The molecule has 0 heterocycles. The Hall–Kier alpha value is -3.00. The lowest BCUT2D eigenvalue weighted by molar-refractivity contribution is -0.148. The second-order valence-electron chi connectivity index (χ2n) is 5.46. The number of rotatable bonds is 6. The Morgan fingerprint density at radius 1 is 1.15 bits per heavy atom. The van der Waals surface area contributed by atoms with E-state index in [1.807, 2.05) is 0 Å². The summed E-state index contributed by atoms with van der Waals surface area (Å²) >= 11 is 5.90. The highest BCUT2D eigenvalue weighted by molar-refractivity contribution is 6.33. The minimum absolute atomic E-state index is 0.179. The van der Waals surface area contributed by atoms with Gasteiger partial charge in [-0.05, 0) is 31.2 Å². The summed E-state index contributed by atoms with van der Waals surface area (Å²) in [6.07, 6.45) is 0. The van der Waals surface area contributed by atoms with Crippen LogP contribution >= 0.6 is 11.6 Å². The molecule has 0 unspecified atom stereocenters. The standard InChI is InChI=1S/C18H15ClF2N2O4/c1-10(22-17(25)12-4-2-3-5-13(12)19)18(26)27-9-16(24)23-15-8-11(20)6-7-14(15)21/h2-8,10H,9H2,1H3,(H,22,25)(H,23,24)/t10-/m0/s1. The fourth-order valence-electron chi connectivity index (χ4n) is 2.02. The molecule has 0 aliphatic heterocycles. The van der Waals surface area contributed by atoms with Crippen molar-refractivity contribution in [3.8, 4) is 0 Å². The largest absolute Gasteiger partial charge is 0.454 e. The average Bonchev–Trinajstić information content (AvgIpc) is 2.63. The molecule has 2 rings (SSSR count). The molecule has 2 aromatic rings. The molecule has 2 amide bonds. The minimum Gasteiger partial charge on any atom is -0.454 e. The summed E-state index contributed by atoms with van der Waals surface area (Å²) in [6.45, 7) is 0.627. The molecular weight excluding hydrogens is 382 g/mol. The first-order chi connectivity index (χ1) is 12.8. The van der Waals surface area contributed by atoms with Gasteiger partial charge in [0.05, 0.1) is 16.3 Å². The van der Waals surface area contributed by atoms with Crippen molar-refractivity contribution in [2.75, 3.05) is 11.9 Å². The molecule has 0 aliphatic rings. The second kappa shape index (κ2) is 9.09. The predicted octanol–water partition coefficient (Wildman–Crippen LogP) is 2.92. The van der Waals surface area contributed by atoms with Crippen LogP contribution in [0.4, 0.5) is 14.5 Å². The maximum Gasteiger partial charge on any atom is 0.328 e. The van der Waals surface area contributed by atoms with Gasteiger partial charge in [-0.1, -0.05) is 23.7 Å². The van der Waals surface area contributed by atoms with Gasteiger partial charge in [0, 0.05) is 6.07 Å². The fourth-order valence-corrected chi connectivity index (χ4v) is 2.24. The van der Waals surface area contributed by atoms with E-state index in [0.717, 1.165) is 18.2 Å². The van der Waals surface area contributed by atoms with Crippen LogP contribution < -0.4 is 10.6 Å². The fraction of sp³-hybridized carbons (Fsp3) is 0.167. The topological polar surface area (TPSA) is 84.5 Å². The van der Waals surface area contributed by atoms with Crippen LogP contribution in [0.25, 0.3) is 0 Å². The van der Waals surface area contributed by atoms with E-state index in [4.69, 9.17) is 16.3 Å². The van der Waals surface area contributed by atoms with Gasteiger partial charge in [0.15, 0.2) is 6.61 Å². The number of hydrogen-bond acceptors (Lipinski definition) is 4. The van der Waals surface area contributed by atoms with Gasteiger partial charge in [-0.15, -0.1) is 0 Å². The van der Waals surface area contributed by atoms with Crippen molar-refractivity contribution in [3.05, 3.63) is 64.7 Å². The Morgan fingerprint density at radius 2 is 1.85 bits per heavy atom. The molecule has 0 fully saturated rings. The van der Waals surface area contributed by atoms with Gasteiger partial charge >= 0.3 is 5.97 Å². The number of carbonyl (C=O) groups is 3. The Morgan fingerprint density at radius 3 is 2.56 bits per heavy atom. The number of amides is 2. The maximum absolute atomic E-state index is 13.4. The molecule has 2 N–H and O–H groups in total. The number of carbonyl (C=O) groups excluding carboxylic acids is 3. The van der Waals surface area contributed by atoms with E-state index in [1.54, 1.807) is 12.1 Å². The van der Waals surface area contributed by atoms with Gasteiger partial charge in [0.1, 0.15) is 17.7 Å². The van der Waals surface area contributed by atoms with Crippen LogP contribution in [0.15, 0.2) is 42.5 Å². The zero-order valence-corrected chi connectivity index (χ0v) is 14.8. The summed E-state index contributed by atoms with van der Waals surface area (Å²) in [5.41, 5.74) is -0.200. The molecule has 27 heavy (non-hydrogen) atoms. The third-order valence-corrected chi connectivity index (χ3v) is 3.70. The van der Waals surface area contributed by atoms with Gasteiger partial charge in [-0.3, -0.25) is 9.59 Å². The lowest BCUT2D eigenvalue weighted by Crippen LogP contribution is -2.40. The molecule has 9 heteroatoms. The number of ether oxygens (including phenoxy) is 1. The van der Waals surface area contributed by atoms with E-state index in [0.29, 0.717) is 0 Å². The second-order valence-corrected chi connectivity index (χ2v) is 5.86. The van der Waals surface area contributed by atoms with E-state index in [1.165, 1.54) is 19.1 Å². The van der Waals surface area contributed by atoms with Gasteiger partial charge in [0.25, 0.3) is 11.8 Å². The van der Waals surface area contributed by atoms with Crippen molar-refractivity contribution >= 4 is 35.1 Å². The molecule has 0 saturated carbocycles. The number of benzene rings is 2. The lowest BCUT2D eigenvalue weighted by Gasteiger charge is -2.14. The van der Waals surface area contributed by atoms with Crippen molar-refractivity contribution in [3.63, 3.8) is 0 Å². The third-order valence-electron chi connectivity index (χ3n) is 3.37. The van der Waals surface area contributed by atoms with Crippen LogP contribution in [-0.4, -0.2) is 30.4 Å².